The smallest absolute Gasteiger partial charge is 0.317 e. The van der Waals surface area contributed by atoms with Crippen molar-refractivity contribution in [3.8, 4) is 0 Å². The molecule has 1 saturated heterocycles. The summed E-state index contributed by atoms with van der Waals surface area (Å²) in [4.78, 5) is 28.7. The largest absolute Gasteiger partial charge is 0.338 e. The van der Waals surface area contributed by atoms with Crippen LogP contribution >= 0.6 is 0 Å². The summed E-state index contributed by atoms with van der Waals surface area (Å²) < 4.78 is 0. The molecule has 0 radical (unpaired) electrons. The Kier molecular flexibility index (Phi) is 3.98. The molecule has 1 heterocycles. The van der Waals surface area contributed by atoms with E-state index in [1.165, 1.54) is 25.7 Å². The Morgan fingerprint density at radius 2 is 1.74 bits per heavy atom. The van der Waals surface area contributed by atoms with E-state index in [1.807, 2.05) is 9.80 Å². The fourth-order valence-electron chi connectivity index (χ4n) is 4.20. The molecule has 5 heteroatoms. The zero-order valence-electron chi connectivity index (χ0n) is 14.2. The number of urea groups is 1. The zero-order valence-corrected chi connectivity index (χ0v) is 14.2. The van der Waals surface area contributed by atoms with Crippen LogP contribution in [0.1, 0.15) is 58.3 Å². The molecule has 4 rings (SSSR count). The Morgan fingerprint density at radius 1 is 1.09 bits per heavy atom. The van der Waals surface area contributed by atoms with E-state index in [2.05, 4.69) is 5.32 Å². The molecule has 4 fully saturated rings. The van der Waals surface area contributed by atoms with Crippen LogP contribution in [0, 0.1) is 11.8 Å². The van der Waals surface area contributed by atoms with E-state index in [0.29, 0.717) is 12.1 Å². The maximum absolute atomic E-state index is 12.8. The second-order valence-electron chi connectivity index (χ2n) is 8.04. The fourth-order valence-corrected chi connectivity index (χ4v) is 4.20. The average molecular weight is 319 g/mol. The van der Waals surface area contributed by atoms with E-state index in [1.54, 1.807) is 6.92 Å². The SMILES string of the molecule is CC(=O)N(C[C@H]1CCCN1C(=O)NC(C1CC1)C1CC1)C1CC1. The minimum atomic E-state index is 0.121. The summed E-state index contributed by atoms with van der Waals surface area (Å²) in [5.74, 6) is 1.62. The van der Waals surface area contributed by atoms with Gasteiger partial charge in [0, 0.05) is 32.1 Å². The summed E-state index contributed by atoms with van der Waals surface area (Å²) in [6, 6.07) is 1.17. The van der Waals surface area contributed by atoms with Gasteiger partial charge >= 0.3 is 6.03 Å². The van der Waals surface area contributed by atoms with Crippen LogP contribution in [0.5, 0.6) is 0 Å². The highest BCUT2D eigenvalue weighted by Gasteiger charge is 2.44. The van der Waals surface area contributed by atoms with E-state index in [0.717, 1.165) is 50.6 Å². The van der Waals surface area contributed by atoms with Crippen LogP contribution in [0.3, 0.4) is 0 Å². The van der Waals surface area contributed by atoms with Crippen LogP contribution in [0.25, 0.3) is 0 Å². The fraction of sp³-hybridized carbons (Fsp3) is 0.889. The lowest BCUT2D eigenvalue weighted by Gasteiger charge is -2.32. The lowest BCUT2D eigenvalue weighted by molar-refractivity contribution is -0.130. The summed E-state index contributed by atoms with van der Waals surface area (Å²) in [5, 5.41) is 3.34. The molecule has 3 aliphatic carbocycles. The molecule has 0 aromatic carbocycles. The Labute approximate surface area is 138 Å². The molecule has 3 amide bonds. The molecule has 23 heavy (non-hydrogen) atoms. The summed E-state index contributed by atoms with van der Waals surface area (Å²) in [6.45, 7) is 3.23. The van der Waals surface area contributed by atoms with E-state index in [4.69, 9.17) is 0 Å². The number of hydrogen-bond donors (Lipinski definition) is 1. The highest BCUT2D eigenvalue weighted by molar-refractivity contribution is 5.76. The van der Waals surface area contributed by atoms with Gasteiger partial charge in [-0.15, -0.1) is 0 Å². The van der Waals surface area contributed by atoms with Gasteiger partial charge in [-0.1, -0.05) is 0 Å². The van der Waals surface area contributed by atoms with E-state index in [-0.39, 0.29) is 18.0 Å². The summed E-state index contributed by atoms with van der Waals surface area (Å²) >= 11 is 0. The molecular formula is C18H29N3O2. The number of carbonyl (C=O) groups excluding carboxylic acids is 2. The third-order valence-corrected chi connectivity index (χ3v) is 5.99. The summed E-state index contributed by atoms with van der Waals surface area (Å²) in [7, 11) is 0. The number of likely N-dealkylation sites (tertiary alicyclic amines) is 1. The molecule has 4 aliphatic rings. The van der Waals surface area contributed by atoms with Crippen LogP contribution in [0.4, 0.5) is 4.79 Å². The second-order valence-corrected chi connectivity index (χ2v) is 8.04. The average Bonchev–Trinajstić information content (AvgIpc) is 3.35. The van der Waals surface area contributed by atoms with Gasteiger partial charge in [-0.25, -0.2) is 4.79 Å². The number of carbonyl (C=O) groups is 2. The third kappa shape index (κ3) is 3.48. The maximum atomic E-state index is 12.8. The number of nitrogens with one attached hydrogen (secondary N) is 1. The number of amides is 3. The molecule has 5 nitrogen and oxygen atoms in total. The van der Waals surface area contributed by atoms with Crippen molar-refractivity contribution in [2.24, 2.45) is 11.8 Å². The van der Waals surface area contributed by atoms with Gasteiger partial charge in [0.25, 0.3) is 0 Å². The lowest BCUT2D eigenvalue weighted by atomic mass is 10.1. The molecule has 3 saturated carbocycles. The molecule has 1 N–H and O–H groups in total. The van der Waals surface area contributed by atoms with Crippen molar-refractivity contribution in [2.75, 3.05) is 13.1 Å². The number of rotatable bonds is 6. The van der Waals surface area contributed by atoms with Crippen molar-refractivity contribution in [2.45, 2.75) is 76.4 Å². The van der Waals surface area contributed by atoms with Gasteiger partial charge in [0.15, 0.2) is 0 Å². The van der Waals surface area contributed by atoms with Gasteiger partial charge in [-0.05, 0) is 63.2 Å². The minimum absolute atomic E-state index is 0.121. The van der Waals surface area contributed by atoms with E-state index >= 15 is 0 Å². The van der Waals surface area contributed by atoms with Crippen molar-refractivity contribution < 1.29 is 9.59 Å². The van der Waals surface area contributed by atoms with Crippen molar-refractivity contribution in [3.05, 3.63) is 0 Å². The second kappa shape index (κ2) is 5.99. The normalized spacial score (nSPS) is 27.4. The van der Waals surface area contributed by atoms with Gasteiger partial charge in [-0.3, -0.25) is 4.79 Å². The lowest BCUT2D eigenvalue weighted by Crippen LogP contribution is -2.51. The van der Waals surface area contributed by atoms with Crippen molar-refractivity contribution in [3.63, 3.8) is 0 Å². The molecule has 0 aromatic heterocycles. The highest BCUT2D eigenvalue weighted by Crippen LogP contribution is 2.44. The van der Waals surface area contributed by atoms with Gasteiger partial charge in [0.2, 0.25) is 5.91 Å². The molecule has 0 bridgehead atoms. The molecule has 0 spiro atoms. The first-order valence-corrected chi connectivity index (χ1v) is 9.48. The Balaban J connectivity index is 1.36. The predicted molar refractivity (Wildman–Crippen MR) is 87.9 cm³/mol. The topological polar surface area (TPSA) is 52.7 Å². The quantitative estimate of drug-likeness (QED) is 0.817. The Bertz CT molecular complexity index is 471. The van der Waals surface area contributed by atoms with Gasteiger partial charge in [0.05, 0.1) is 6.04 Å². The number of nitrogens with zero attached hydrogens (tertiary/aromatic N) is 2. The Hall–Kier alpha value is -1.26. The first-order valence-electron chi connectivity index (χ1n) is 9.48. The number of hydrogen-bond acceptors (Lipinski definition) is 2. The van der Waals surface area contributed by atoms with Gasteiger partial charge < -0.3 is 15.1 Å². The van der Waals surface area contributed by atoms with E-state index < -0.39 is 0 Å². The first-order chi connectivity index (χ1) is 11.1. The maximum Gasteiger partial charge on any atom is 0.317 e. The molecule has 0 unspecified atom stereocenters. The van der Waals surface area contributed by atoms with Crippen LogP contribution < -0.4 is 5.32 Å². The monoisotopic (exact) mass is 319 g/mol. The molecule has 128 valence electrons. The van der Waals surface area contributed by atoms with Gasteiger partial charge in [-0.2, -0.15) is 0 Å². The van der Waals surface area contributed by atoms with Crippen LogP contribution in [0.15, 0.2) is 0 Å². The predicted octanol–water partition coefficient (Wildman–Crippen LogP) is 2.36. The van der Waals surface area contributed by atoms with Gasteiger partial charge in [0.1, 0.15) is 0 Å². The molecule has 0 aromatic rings. The van der Waals surface area contributed by atoms with Crippen molar-refractivity contribution >= 4 is 11.9 Å². The standard InChI is InChI=1S/C18H29N3O2/c1-12(22)21(15-8-9-15)11-16-3-2-10-20(16)18(23)19-17(13-4-5-13)14-6-7-14/h13-17H,2-11H2,1H3,(H,19,23)/t16-/m1/s1. The highest BCUT2D eigenvalue weighted by atomic mass is 16.2. The van der Waals surface area contributed by atoms with Crippen molar-refractivity contribution in [1.29, 1.82) is 0 Å². The van der Waals surface area contributed by atoms with Crippen LogP contribution in [-0.2, 0) is 4.79 Å². The van der Waals surface area contributed by atoms with Crippen LogP contribution in [0.2, 0.25) is 0 Å². The first kappa shape index (κ1) is 15.3. The molecular weight excluding hydrogens is 290 g/mol. The summed E-state index contributed by atoms with van der Waals surface area (Å²) in [5.41, 5.74) is 0. The summed E-state index contributed by atoms with van der Waals surface area (Å²) in [6.07, 6.45) is 9.48. The zero-order chi connectivity index (χ0) is 16.0. The third-order valence-electron chi connectivity index (χ3n) is 5.99. The molecule has 1 atom stereocenters. The molecule has 1 aliphatic heterocycles. The van der Waals surface area contributed by atoms with E-state index in [9.17, 15) is 9.59 Å². The van der Waals surface area contributed by atoms with Crippen LogP contribution in [-0.4, -0.2) is 53.0 Å². The van der Waals surface area contributed by atoms with Crippen molar-refractivity contribution in [1.82, 2.24) is 15.1 Å². The minimum Gasteiger partial charge on any atom is -0.338 e. The Morgan fingerprint density at radius 3 is 2.26 bits per heavy atom.